The van der Waals surface area contributed by atoms with Gasteiger partial charge in [0, 0.05) is 35.9 Å². The molecule has 3 heterocycles. The lowest BCUT2D eigenvalue weighted by atomic mass is 10.1. The second kappa shape index (κ2) is 9.07. The first-order valence-corrected chi connectivity index (χ1v) is 10.0. The summed E-state index contributed by atoms with van der Waals surface area (Å²) in [7, 11) is 0. The van der Waals surface area contributed by atoms with Crippen LogP contribution in [-0.2, 0) is 17.2 Å². The van der Waals surface area contributed by atoms with Crippen molar-refractivity contribution in [3.63, 3.8) is 0 Å². The van der Waals surface area contributed by atoms with Crippen molar-refractivity contribution >= 4 is 29.2 Å². The number of halogens is 1. The Morgan fingerprint density at radius 3 is 2.81 bits per heavy atom. The molecule has 0 unspecified atom stereocenters. The molecule has 10 heteroatoms. The van der Waals surface area contributed by atoms with Gasteiger partial charge in [-0.05, 0) is 11.6 Å². The van der Waals surface area contributed by atoms with Crippen LogP contribution in [0.2, 0.25) is 0 Å². The molecule has 2 aromatic heterocycles. The predicted molar refractivity (Wildman–Crippen MR) is 115 cm³/mol. The highest BCUT2D eigenvalue weighted by Crippen LogP contribution is 2.26. The van der Waals surface area contributed by atoms with Crippen molar-refractivity contribution in [1.29, 1.82) is 0 Å². The van der Waals surface area contributed by atoms with Gasteiger partial charge in [0.05, 0.1) is 5.69 Å². The topological polar surface area (TPSA) is 132 Å². The van der Waals surface area contributed by atoms with Crippen molar-refractivity contribution in [2.75, 3.05) is 11.9 Å². The van der Waals surface area contributed by atoms with E-state index in [1.54, 1.807) is 12.3 Å². The molecule has 2 amide bonds. The zero-order chi connectivity index (χ0) is 21.8. The lowest BCUT2D eigenvalue weighted by molar-refractivity contribution is -0.118. The average molecular weight is 439 g/mol. The second-order valence-corrected chi connectivity index (χ2v) is 7.06. The van der Waals surface area contributed by atoms with Gasteiger partial charge in [-0.25, -0.2) is 15.0 Å². The van der Waals surface area contributed by atoms with Gasteiger partial charge in [-0.2, -0.15) is 0 Å². The van der Waals surface area contributed by atoms with Gasteiger partial charge in [0.1, 0.15) is 12.6 Å². The van der Waals surface area contributed by atoms with E-state index in [1.165, 1.54) is 6.20 Å². The van der Waals surface area contributed by atoms with Crippen molar-refractivity contribution < 1.29 is 14.3 Å². The number of fused-ring (bicyclic) bond motifs is 1. The highest BCUT2D eigenvalue weighted by atomic mass is 35.5. The van der Waals surface area contributed by atoms with Crippen LogP contribution in [0.5, 0.6) is 5.75 Å². The first-order valence-electron chi connectivity index (χ1n) is 9.50. The number of carbonyl (C=O) groups is 2. The average Bonchev–Trinajstić information content (AvgIpc) is 2.97. The second-order valence-electron chi connectivity index (χ2n) is 6.79. The van der Waals surface area contributed by atoms with E-state index in [2.05, 4.69) is 25.6 Å². The number of ether oxygens (including phenoxy) is 1. The number of carbonyl (C=O) groups excluding carboxylic acids is 2. The third-order valence-corrected chi connectivity index (χ3v) is 4.98. The molecule has 4 N–H and O–H groups in total. The lowest BCUT2D eigenvalue weighted by Crippen LogP contribution is -2.46. The van der Waals surface area contributed by atoms with Crippen molar-refractivity contribution in [1.82, 2.24) is 20.3 Å². The fourth-order valence-corrected chi connectivity index (χ4v) is 3.20. The molecular formula is C21H19ClN6O3. The van der Waals surface area contributed by atoms with Crippen molar-refractivity contribution in [2.45, 2.75) is 18.5 Å². The minimum atomic E-state index is -0.959. The number of hydrogen-bond donors (Lipinski definition) is 3. The fourth-order valence-electron chi connectivity index (χ4n) is 3.06. The molecule has 0 radical (unpaired) electrons. The Morgan fingerprint density at radius 2 is 2.06 bits per heavy atom. The van der Waals surface area contributed by atoms with Crippen LogP contribution in [0.25, 0.3) is 11.3 Å². The van der Waals surface area contributed by atoms with Crippen LogP contribution in [0.15, 0.2) is 48.8 Å². The molecule has 158 valence electrons. The van der Waals surface area contributed by atoms with Crippen LogP contribution >= 0.6 is 11.6 Å². The van der Waals surface area contributed by atoms with E-state index >= 15 is 0 Å². The van der Waals surface area contributed by atoms with Gasteiger partial charge in [-0.15, -0.1) is 11.6 Å². The summed E-state index contributed by atoms with van der Waals surface area (Å²) >= 11 is 5.82. The molecule has 0 aliphatic carbocycles. The Kier molecular flexibility index (Phi) is 6.06. The summed E-state index contributed by atoms with van der Waals surface area (Å²) in [6.45, 7) is 0.144. The fraction of sp³-hybridized carbons (Fsp3) is 0.190. The van der Waals surface area contributed by atoms with Crippen molar-refractivity contribution in [3.8, 4) is 17.0 Å². The number of alkyl halides is 1. The molecule has 3 aromatic rings. The summed E-state index contributed by atoms with van der Waals surface area (Å²) in [6.07, 6.45) is 3.06. The third kappa shape index (κ3) is 4.47. The third-order valence-electron chi connectivity index (χ3n) is 4.67. The Hall–Kier alpha value is -3.56. The molecule has 0 saturated carbocycles. The van der Waals surface area contributed by atoms with Crippen LogP contribution in [-0.4, -0.2) is 39.4 Å². The number of pyridine rings is 1. The molecule has 31 heavy (non-hydrogen) atoms. The molecule has 0 bridgehead atoms. The first kappa shape index (κ1) is 20.7. The van der Waals surface area contributed by atoms with E-state index in [-0.39, 0.29) is 30.7 Å². The molecule has 0 saturated heterocycles. The number of nitrogens with one attached hydrogen (secondary N) is 2. The molecule has 1 aliphatic rings. The van der Waals surface area contributed by atoms with Crippen molar-refractivity contribution in [3.05, 3.63) is 65.7 Å². The minimum Gasteiger partial charge on any atom is -0.487 e. The number of amides is 2. The predicted octanol–water partition coefficient (Wildman–Crippen LogP) is 1.87. The summed E-state index contributed by atoms with van der Waals surface area (Å²) in [4.78, 5) is 38.0. The van der Waals surface area contributed by atoms with Gasteiger partial charge in [-0.1, -0.05) is 30.3 Å². The van der Waals surface area contributed by atoms with E-state index in [0.29, 0.717) is 17.0 Å². The summed E-state index contributed by atoms with van der Waals surface area (Å²) in [5, 5.41) is 5.26. The van der Waals surface area contributed by atoms with Crippen molar-refractivity contribution in [2.24, 2.45) is 5.73 Å². The molecule has 1 aliphatic heterocycles. The standard InChI is InChI=1S/C21H19ClN6O3/c22-7-12-6-16-18(24-9-12)28-20(29)15(11-31-16)26-21(30)19-25-10-14(8-23)17(27-19)13-4-2-1-3-5-13/h1-6,9-10,15H,7-8,11,23H2,(H,26,30)(H,24,28,29)/t15-/m0/s1. The number of hydrogen-bond acceptors (Lipinski definition) is 7. The molecule has 4 rings (SSSR count). The Bertz CT molecular complexity index is 1130. The van der Waals surface area contributed by atoms with Crippen LogP contribution in [0, 0.1) is 0 Å². The van der Waals surface area contributed by atoms with Gasteiger partial charge in [0.2, 0.25) is 5.82 Å². The molecule has 9 nitrogen and oxygen atoms in total. The van der Waals surface area contributed by atoms with E-state index < -0.39 is 17.9 Å². The van der Waals surface area contributed by atoms with Gasteiger partial charge >= 0.3 is 0 Å². The number of rotatable bonds is 5. The maximum absolute atomic E-state index is 12.8. The number of nitrogens with two attached hydrogens (primary N) is 1. The van der Waals surface area contributed by atoms with Crippen LogP contribution in [0.3, 0.4) is 0 Å². The number of aromatic nitrogens is 3. The van der Waals surface area contributed by atoms with E-state index in [4.69, 9.17) is 22.1 Å². The summed E-state index contributed by atoms with van der Waals surface area (Å²) < 4.78 is 5.66. The molecular weight excluding hydrogens is 420 g/mol. The Morgan fingerprint density at radius 1 is 1.26 bits per heavy atom. The molecule has 0 spiro atoms. The van der Waals surface area contributed by atoms with Crippen LogP contribution in [0.1, 0.15) is 21.7 Å². The van der Waals surface area contributed by atoms with Gasteiger partial charge in [-0.3, -0.25) is 9.59 Å². The minimum absolute atomic E-state index is 0.0758. The maximum Gasteiger partial charge on any atom is 0.289 e. The highest BCUT2D eigenvalue weighted by molar-refractivity contribution is 6.17. The van der Waals surface area contributed by atoms with Gasteiger partial charge in [0.15, 0.2) is 11.6 Å². The first-order chi connectivity index (χ1) is 15.1. The Labute approximate surface area is 183 Å². The molecule has 0 fully saturated rings. The maximum atomic E-state index is 12.8. The lowest BCUT2D eigenvalue weighted by Gasteiger charge is -2.15. The number of benzene rings is 1. The SMILES string of the molecule is NCc1cnc(C(=O)N[C@H]2COc3cc(CCl)cnc3NC2=O)nc1-c1ccccc1. The van der Waals surface area contributed by atoms with E-state index in [9.17, 15) is 9.59 Å². The smallest absolute Gasteiger partial charge is 0.289 e. The van der Waals surface area contributed by atoms with Crippen LogP contribution < -0.4 is 21.1 Å². The van der Waals surface area contributed by atoms with Gasteiger partial charge < -0.3 is 21.1 Å². The number of anilines is 1. The van der Waals surface area contributed by atoms with E-state index in [1.807, 2.05) is 30.3 Å². The zero-order valence-corrected chi connectivity index (χ0v) is 17.1. The quantitative estimate of drug-likeness (QED) is 0.518. The highest BCUT2D eigenvalue weighted by Gasteiger charge is 2.28. The molecule has 1 aromatic carbocycles. The van der Waals surface area contributed by atoms with E-state index in [0.717, 1.165) is 11.1 Å². The van der Waals surface area contributed by atoms with Gasteiger partial charge in [0.25, 0.3) is 11.8 Å². The Balaban J connectivity index is 1.54. The summed E-state index contributed by atoms with van der Waals surface area (Å²) in [5.74, 6) is -0.223. The van der Waals surface area contributed by atoms with Crippen LogP contribution in [0.4, 0.5) is 5.82 Å². The number of nitrogens with zero attached hydrogens (tertiary/aromatic N) is 3. The zero-order valence-electron chi connectivity index (χ0n) is 16.3. The summed E-state index contributed by atoms with van der Waals surface area (Å²) in [5.41, 5.74) is 8.63. The molecule has 1 atom stereocenters. The summed E-state index contributed by atoms with van der Waals surface area (Å²) in [6, 6.07) is 10.1. The monoisotopic (exact) mass is 438 g/mol. The largest absolute Gasteiger partial charge is 0.487 e. The normalized spacial score (nSPS) is 15.3.